The van der Waals surface area contributed by atoms with E-state index in [2.05, 4.69) is 14.7 Å². The molecule has 0 bridgehead atoms. The van der Waals surface area contributed by atoms with E-state index in [4.69, 9.17) is 4.74 Å². The number of aryl methyl sites for hydroxylation is 2. The van der Waals surface area contributed by atoms with Crippen molar-refractivity contribution in [2.45, 2.75) is 19.3 Å². The highest BCUT2D eigenvalue weighted by Gasteiger charge is 2.24. The van der Waals surface area contributed by atoms with Gasteiger partial charge in [-0.15, -0.1) is 11.3 Å². The third kappa shape index (κ3) is 2.66. The van der Waals surface area contributed by atoms with Crippen LogP contribution in [-0.4, -0.2) is 28.0 Å². The molecular weight excluding hydrogens is 358 g/mol. The molecule has 0 fully saturated rings. The van der Waals surface area contributed by atoms with Gasteiger partial charge in [0, 0.05) is 17.0 Å². The summed E-state index contributed by atoms with van der Waals surface area (Å²) in [6.07, 6.45) is 4.50. The van der Waals surface area contributed by atoms with Crippen molar-refractivity contribution in [3.05, 3.63) is 50.6 Å². The molecule has 0 radical (unpaired) electrons. The van der Waals surface area contributed by atoms with Gasteiger partial charge in [-0.25, -0.2) is 14.8 Å². The maximum atomic E-state index is 11.9. The van der Waals surface area contributed by atoms with Gasteiger partial charge in [0.25, 0.3) is 5.69 Å². The molecule has 4 rings (SSSR count). The predicted molar refractivity (Wildman–Crippen MR) is 93.9 cm³/mol. The zero-order valence-electron chi connectivity index (χ0n) is 13.7. The quantitative estimate of drug-likeness (QED) is 0.391. The first kappa shape index (κ1) is 16.4. The van der Waals surface area contributed by atoms with Crippen molar-refractivity contribution >= 4 is 33.2 Å². The summed E-state index contributed by atoms with van der Waals surface area (Å²) in [4.78, 5) is 33.0. The van der Waals surface area contributed by atoms with Crippen LogP contribution >= 0.6 is 11.3 Å². The SMILES string of the molecule is COC(=O)c1cc(Oc2ncnc3sc4c(c23)CCC4)ccc1[N+](=O)[O-]. The van der Waals surface area contributed by atoms with Crippen LogP contribution in [0.2, 0.25) is 0 Å². The lowest BCUT2D eigenvalue weighted by atomic mass is 10.1. The predicted octanol–water partition coefficient (Wildman–Crippen LogP) is 3.67. The molecule has 0 saturated heterocycles. The Bertz CT molecular complexity index is 1050. The van der Waals surface area contributed by atoms with Crippen LogP contribution in [0.25, 0.3) is 10.2 Å². The van der Waals surface area contributed by atoms with Crippen molar-refractivity contribution in [2.24, 2.45) is 0 Å². The average molecular weight is 371 g/mol. The summed E-state index contributed by atoms with van der Waals surface area (Å²) in [7, 11) is 1.17. The van der Waals surface area contributed by atoms with E-state index in [-0.39, 0.29) is 17.0 Å². The number of carbonyl (C=O) groups is 1. The third-order valence-electron chi connectivity index (χ3n) is 4.25. The van der Waals surface area contributed by atoms with Gasteiger partial charge in [-0.2, -0.15) is 0 Å². The van der Waals surface area contributed by atoms with Crippen molar-refractivity contribution in [1.82, 2.24) is 9.97 Å². The molecule has 1 aliphatic rings. The van der Waals surface area contributed by atoms with Crippen molar-refractivity contribution in [1.29, 1.82) is 0 Å². The second-order valence-corrected chi connectivity index (χ2v) is 6.83. The Morgan fingerprint density at radius 3 is 2.92 bits per heavy atom. The molecular formula is C17H13N3O5S. The van der Waals surface area contributed by atoms with E-state index < -0.39 is 10.9 Å². The average Bonchev–Trinajstić information content (AvgIpc) is 3.22. The highest BCUT2D eigenvalue weighted by molar-refractivity contribution is 7.18. The lowest BCUT2D eigenvalue weighted by Gasteiger charge is -2.08. The summed E-state index contributed by atoms with van der Waals surface area (Å²) in [5, 5.41) is 12.0. The second-order valence-electron chi connectivity index (χ2n) is 5.75. The number of esters is 1. The normalized spacial score (nSPS) is 12.8. The molecule has 1 aliphatic carbocycles. The van der Waals surface area contributed by atoms with Crippen LogP contribution in [0.3, 0.4) is 0 Å². The lowest BCUT2D eigenvalue weighted by molar-refractivity contribution is -0.385. The lowest BCUT2D eigenvalue weighted by Crippen LogP contribution is -2.06. The first-order chi connectivity index (χ1) is 12.6. The van der Waals surface area contributed by atoms with Crippen LogP contribution in [-0.2, 0) is 17.6 Å². The Balaban J connectivity index is 1.77. The van der Waals surface area contributed by atoms with Gasteiger partial charge in [0.05, 0.1) is 17.4 Å². The standard InChI is InChI=1S/C17H13N3O5S/c1-24-17(21)11-7-9(5-6-12(11)20(22)23)25-15-14-10-3-2-4-13(10)26-16(14)19-8-18-15/h5-8H,2-4H2,1H3. The van der Waals surface area contributed by atoms with E-state index in [0.717, 1.165) is 29.5 Å². The van der Waals surface area contributed by atoms with E-state index in [1.807, 2.05) is 0 Å². The number of nitro groups is 1. The number of thiophene rings is 1. The minimum Gasteiger partial charge on any atom is -0.465 e. The number of nitro benzene ring substituents is 1. The number of aromatic nitrogens is 2. The summed E-state index contributed by atoms with van der Waals surface area (Å²) in [5.74, 6) is -0.139. The topological polar surface area (TPSA) is 104 Å². The summed E-state index contributed by atoms with van der Waals surface area (Å²) < 4.78 is 10.5. The molecule has 132 valence electrons. The molecule has 0 amide bonds. The molecule has 26 heavy (non-hydrogen) atoms. The van der Waals surface area contributed by atoms with Crippen molar-refractivity contribution < 1.29 is 19.2 Å². The molecule has 2 aromatic heterocycles. The number of nitrogens with zero attached hydrogens (tertiary/aromatic N) is 3. The van der Waals surface area contributed by atoms with Crippen LogP contribution < -0.4 is 4.74 Å². The first-order valence-electron chi connectivity index (χ1n) is 7.88. The monoisotopic (exact) mass is 371 g/mol. The Morgan fingerprint density at radius 2 is 2.15 bits per heavy atom. The van der Waals surface area contributed by atoms with E-state index in [1.165, 1.54) is 42.1 Å². The summed E-state index contributed by atoms with van der Waals surface area (Å²) >= 11 is 1.63. The Morgan fingerprint density at radius 1 is 1.31 bits per heavy atom. The highest BCUT2D eigenvalue weighted by Crippen LogP contribution is 2.41. The number of rotatable bonds is 4. The number of hydrogen-bond donors (Lipinski definition) is 0. The number of benzene rings is 1. The molecule has 3 aromatic rings. The molecule has 0 spiro atoms. The van der Waals surface area contributed by atoms with Gasteiger partial charge in [-0.05, 0) is 30.9 Å². The van der Waals surface area contributed by atoms with Gasteiger partial charge in [-0.3, -0.25) is 10.1 Å². The van der Waals surface area contributed by atoms with Gasteiger partial charge in [0.2, 0.25) is 5.88 Å². The van der Waals surface area contributed by atoms with Crippen LogP contribution in [0.4, 0.5) is 5.69 Å². The highest BCUT2D eigenvalue weighted by atomic mass is 32.1. The molecule has 0 saturated carbocycles. The maximum Gasteiger partial charge on any atom is 0.345 e. The molecule has 8 nitrogen and oxygen atoms in total. The maximum absolute atomic E-state index is 11.9. The number of fused-ring (bicyclic) bond motifs is 3. The molecule has 0 atom stereocenters. The molecule has 0 aliphatic heterocycles. The van der Waals surface area contributed by atoms with Crippen molar-refractivity contribution in [3.63, 3.8) is 0 Å². The molecule has 2 heterocycles. The largest absolute Gasteiger partial charge is 0.465 e. The zero-order valence-corrected chi connectivity index (χ0v) is 14.5. The Hall–Kier alpha value is -3.07. The van der Waals surface area contributed by atoms with E-state index >= 15 is 0 Å². The number of ether oxygens (including phenoxy) is 2. The first-order valence-corrected chi connectivity index (χ1v) is 8.70. The molecule has 0 unspecified atom stereocenters. The molecule has 1 aromatic carbocycles. The number of hydrogen-bond acceptors (Lipinski definition) is 8. The number of methoxy groups -OCH3 is 1. The third-order valence-corrected chi connectivity index (χ3v) is 5.45. The van der Waals surface area contributed by atoms with E-state index in [9.17, 15) is 14.9 Å². The van der Waals surface area contributed by atoms with Gasteiger partial charge in [-0.1, -0.05) is 0 Å². The van der Waals surface area contributed by atoms with Crippen LogP contribution in [0.5, 0.6) is 11.6 Å². The fourth-order valence-corrected chi connectivity index (χ4v) is 4.32. The fourth-order valence-electron chi connectivity index (χ4n) is 3.10. The summed E-state index contributed by atoms with van der Waals surface area (Å²) in [5.41, 5.74) is 0.694. The Kier molecular flexibility index (Phi) is 4.00. The van der Waals surface area contributed by atoms with E-state index in [1.54, 1.807) is 11.3 Å². The van der Waals surface area contributed by atoms with Crippen LogP contribution in [0.15, 0.2) is 24.5 Å². The van der Waals surface area contributed by atoms with Gasteiger partial charge in [0.15, 0.2) is 0 Å². The zero-order chi connectivity index (χ0) is 18.3. The smallest absolute Gasteiger partial charge is 0.345 e. The van der Waals surface area contributed by atoms with Gasteiger partial charge >= 0.3 is 5.97 Å². The van der Waals surface area contributed by atoms with Crippen LogP contribution in [0, 0.1) is 10.1 Å². The van der Waals surface area contributed by atoms with Gasteiger partial charge < -0.3 is 9.47 Å². The molecule has 0 N–H and O–H groups in total. The van der Waals surface area contributed by atoms with E-state index in [0.29, 0.717) is 5.88 Å². The van der Waals surface area contributed by atoms with Crippen molar-refractivity contribution in [2.75, 3.05) is 7.11 Å². The van der Waals surface area contributed by atoms with Crippen LogP contribution in [0.1, 0.15) is 27.2 Å². The molecule has 9 heteroatoms. The fraction of sp³-hybridized carbons (Fsp3) is 0.235. The van der Waals surface area contributed by atoms with Crippen molar-refractivity contribution in [3.8, 4) is 11.6 Å². The minimum atomic E-state index is -0.800. The minimum absolute atomic E-state index is 0.171. The Labute approximate surface area is 151 Å². The van der Waals surface area contributed by atoms with Gasteiger partial charge in [0.1, 0.15) is 22.5 Å². The summed E-state index contributed by atoms with van der Waals surface area (Å²) in [6, 6.07) is 3.95. The number of carbonyl (C=O) groups excluding carboxylic acids is 1. The summed E-state index contributed by atoms with van der Waals surface area (Å²) in [6.45, 7) is 0. The second kappa shape index (κ2) is 6.34.